The Hall–Kier alpha value is -1.51. The molecule has 0 aromatic heterocycles. The summed E-state index contributed by atoms with van der Waals surface area (Å²) in [5, 5.41) is 4.24. The monoisotopic (exact) mass is 302 g/mol. The van der Waals surface area contributed by atoms with E-state index in [1.807, 2.05) is 12.1 Å². The lowest BCUT2D eigenvalue weighted by Crippen LogP contribution is -2.18. The maximum absolute atomic E-state index is 6.45. The fraction of sp³-hybridized carbons (Fsp3) is 0.333. The highest BCUT2D eigenvalue weighted by atomic mass is 35.5. The molecule has 2 aromatic carbocycles. The Balaban J connectivity index is 2.30. The molecule has 3 heteroatoms. The summed E-state index contributed by atoms with van der Waals surface area (Å²) >= 11 is 6.45. The van der Waals surface area contributed by atoms with Crippen molar-refractivity contribution >= 4 is 23.0 Å². The number of anilines is 2. The number of nitrogens with zero attached hydrogens (tertiary/aromatic N) is 1. The van der Waals surface area contributed by atoms with Gasteiger partial charge in [-0.3, -0.25) is 0 Å². The summed E-state index contributed by atoms with van der Waals surface area (Å²) in [6, 6.07) is 14.6. The number of para-hydroxylation sites is 1. The van der Waals surface area contributed by atoms with E-state index >= 15 is 0 Å². The van der Waals surface area contributed by atoms with Gasteiger partial charge >= 0.3 is 0 Å². The zero-order valence-electron chi connectivity index (χ0n) is 13.0. The number of nitrogens with one attached hydrogen (secondary N) is 1. The number of hydrogen-bond donors (Lipinski definition) is 1. The highest BCUT2D eigenvalue weighted by molar-refractivity contribution is 6.33. The van der Waals surface area contributed by atoms with E-state index in [2.05, 4.69) is 61.4 Å². The highest BCUT2D eigenvalue weighted by Gasteiger charge is 2.13. The SMILES string of the molecule is CCCNCc1cccc(Cl)c1N(C)c1ccc(C)cc1. The maximum Gasteiger partial charge on any atom is 0.0646 e. The molecule has 112 valence electrons. The van der Waals surface area contributed by atoms with Gasteiger partial charge in [0, 0.05) is 19.3 Å². The van der Waals surface area contributed by atoms with Crippen molar-refractivity contribution < 1.29 is 0 Å². The molecule has 2 aromatic rings. The first-order valence-electron chi connectivity index (χ1n) is 7.42. The van der Waals surface area contributed by atoms with Crippen LogP contribution in [0.2, 0.25) is 5.02 Å². The Morgan fingerprint density at radius 1 is 1.10 bits per heavy atom. The fourth-order valence-electron chi connectivity index (χ4n) is 2.38. The quantitative estimate of drug-likeness (QED) is 0.762. The summed E-state index contributed by atoms with van der Waals surface area (Å²) in [7, 11) is 2.06. The summed E-state index contributed by atoms with van der Waals surface area (Å²) in [4.78, 5) is 2.16. The van der Waals surface area contributed by atoms with Crippen LogP contribution in [0.3, 0.4) is 0 Å². The minimum absolute atomic E-state index is 0.786. The van der Waals surface area contributed by atoms with Crippen LogP contribution in [0.4, 0.5) is 11.4 Å². The van der Waals surface area contributed by atoms with Gasteiger partial charge in [-0.1, -0.05) is 48.4 Å². The average molecular weight is 303 g/mol. The molecule has 21 heavy (non-hydrogen) atoms. The van der Waals surface area contributed by atoms with Gasteiger partial charge in [0.2, 0.25) is 0 Å². The van der Waals surface area contributed by atoms with E-state index in [0.29, 0.717) is 0 Å². The Morgan fingerprint density at radius 2 is 1.81 bits per heavy atom. The van der Waals surface area contributed by atoms with E-state index in [9.17, 15) is 0 Å². The summed E-state index contributed by atoms with van der Waals surface area (Å²) < 4.78 is 0. The minimum Gasteiger partial charge on any atom is -0.343 e. The number of aryl methyl sites for hydroxylation is 1. The van der Waals surface area contributed by atoms with Crippen LogP contribution in [-0.4, -0.2) is 13.6 Å². The van der Waals surface area contributed by atoms with Crippen molar-refractivity contribution in [3.8, 4) is 0 Å². The van der Waals surface area contributed by atoms with Gasteiger partial charge in [0.25, 0.3) is 0 Å². The van der Waals surface area contributed by atoms with Gasteiger partial charge in [0.15, 0.2) is 0 Å². The van der Waals surface area contributed by atoms with Crippen LogP contribution in [0.15, 0.2) is 42.5 Å². The molecule has 0 saturated heterocycles. The van der Waals surface area contributed by atoms with Crippen LogP contribution in [0.1, 0.15) is 24.5 Å². The molecule has 1 N–H and O–H groups in total. The molecule has 0 unspecified atom stereocenters. The Labute approximate surface area is 132 Å². The fourth-order valence-corrected chi connectivity index (χ4v) is 2.70. The van der Waals surface area contributed by atoms with Gasteiger partial charge in [-0.15, -0.1) is 0 Å². The maximum atomic E-state index is 6.45. The lowest BCUT2D eigenvalue weighted by atomic mass is 10.1. The van der Waals surface area contributed by atoms with Crippen LogP contribution in [0.5, 0.6) is 0 Å². The molecule has 2 rings (SSSR count). The first kappa shape index (κ1) is 15.9. The zero-order valence-corrected chi connectivity index (χ0v) is 13.7. The third kappa shape index (κ3) is 3.99. The first-order valence-corrected chi connectivity index (χ1v) is 7.79. The number of hydrogen-bond acceptors (Lipinski definition) is 2. The molecule has 0 spiro atoms. The molecule has 0 aliphatic heterocycles. The summed E-state index contributed by atoms with van der Waals surface area (Å²) in [5.74, 6) is 0. The molecule has 0 heterocycles. The van der Waals surface area contributed by atoms with E-state index in [0.717, 1.165) is 35.9 Å². The Kier molecular flexibility index (Phi) is 5.66. The van der Waals surface area contributed by atoms with Crippen molar-refractivity contribution in [3.63, 3.8) is 0 Å². The molecule has 0 radical (unpaired) electrons. The second kappa shape index (κ2) is 7.48. The molecule has 0 fully saturated rings. The second-order valence-corrected chi connectivity index (χ2v) is 5.73. The smallest absolute Gasteiger partial charge is 0.0646 e. The molecule has 2 nitrogen and oxygen atoms in total. The second-order valence-electron chi connectivity index (χ2n) is 5.32. The van der Waals surface area contributed by atoms with Gasteiger partial charge in [-0.05, 0) is 43.7 Å². The highest BCUT2D eigenvalue weighted by Crippen LogP contribution is 2.34. The van der Waals surface area contributed by atoms with E-state index in [4.69, 9.17) is 11.6 Å². The predicted molar refractivity (Wildman–Crippen MR) is 92.7 cm³/mol. The van der Waals surface area contributed by atoms with Crippen molar-refractivity contribution in [1.29, 1.82) is 0 Å². The van der Waals surface area contributed by atoms with Crippen molar-refractivity contribution in [2.24, 2.45) is 0 Å². The Bertz CT molecular complexity index is 578. The zero-order chi connectivity index (χ0) is 15.2. The van der Waals surface area contributed by atoms with Crippen molar-refractivity contribution in [3.05, 3.63) is 58.6 Å². The molecule has 0 amide bonds. The average Bonchev–Trinajstić information content (AvgIpc) is 2.48. The third-order valence-corrected chi connectivity index (χ3v) is 3.87. The molecule has 0 bridgehead atoms. The van der Waals surface area contributed by atoms with Gasteiger partial charge in [0.1, 0.15) is 0 Å². The normalized spacial score (nSPS) is 10.7. The molecular weight excluding hydrogens is 280 g/mol. The van der Waals surface area contributed by atoms with Gasteiger partial charge in [0.05, 0.1) is 10.7 Å². The summed E-state index contributed by atoms with van der Waals surface area (Å²) in [6.45, 7) is 6.11. The van der Waals surface area contributed by atoms with E-state index < -0.39 is 0 Å². The minimum atomic E-state index is 0.786. The van der Waals surface area contributed by atoms with Gasteiger partial charge < -0.3 is 10.2 Å². The molecular formula is C18H23ClN2. The summed E-state index contributed by atoms with van der Waals surface area (Å²) in [5.41, 5.74) is 4.70. The van der Waals surface area contributed by atoms with E-state index in [1.165, 1.54) is 11.1 Å². The van der Waals surface area contributed by atoms with Crippen LogP contribution < -0.4 is 10.2 Å². The molecule has 0 aliphatic rings. The number of rotatable bonds is 6. The molecule has 0 saturated carbocycles. The van der Waals surface area contributed by atoms with E-state index in [1.54, 1.807) is 0 Å². The van der Waals surface area contributed by atoms with Crippen LogP contribution >= 0.6 is 11.6 Å². The molecule has 0 atom stereocenters. The third-order valence-electron chi connectivity index (χ3n) is 3.57. The summed E-state index contributed by atoms with van der Waals surface area (Å²) in [6.07, 6.45) is 1.13. The molecule has 0 aliphatic carbocycles. The van der Waals surface area contributed by atoms with E-state index in [-0.39, 0.29) is 0 Å². The standard InChI is InChI=1S/C18H23ClN2/c1-4-12-20-13-15-6-5-7-17(19)18(15)21(3)16-10-8-14(2)9-11-16/h5-11,20H,4,12-13H2,1-3H3. The topological polar surface area (TPSA) is 15.3 Å². The van der Waals surface area contributed by atoms with Crippen LogP contribution in [-0.2, 0) is 6.54 Å². The number of benzene rings is 2. The predicted octanol–water partition coefficient (Wildman–Crippen LogP) is 4.92. The lowest BCUT2D eigenvalue weighted by molar-refractivity contribution is 0.675. The largest absolute Gasteiger partial charge is 0.343 e. The number of halogens is 1. The van der Waals surface area contributed by atoms with Crippen LogP contribution in [0.25, 0.3) is 0 Å². The Morgan fingerprint density at radius 3 is 2.48 bits per heavy atom. The van der Waals surface area contributed by atoms with Crippen molar-refractivity contribution in [1.82, 2.24) is 5.32 Å². The van der Waals surface area contributed by atoms with Crippen LogP contribution in [0, 0.1) is 6.92 Å². The van der Waals surface area contributed by atoms with Crippen molar-refractivity contribution in [2.45, 2.75) is 26.8 Å². The van der Waals surface area contributed by atoms with Gasteiger partial charge in [-0.25, -0.2) is 0 Å². The van der Waals surface area contributed by atoms with Gasteiger partial charge in [-0.2, -0.15) is 0 Å². The first-order chi connectivity index (χ1) is 10.1. The van der Waals surface area contributed by atoms with Crippen molar-refractivity contribution in [2.75, 3.05) is 18.5 Å². The lowest BCUT2D eigenvalue weighted by Gasteiger charge is -2.24.